The summed E-state index contributed by atoms with van der Waals surface area (Å²) in [5.74, 6) is -1.25. The van der Waals surface area contributed by atoms with Crippen molar-refractivity contribution in [1.82, 2.24) is 9.97 Å². The molecule has 1 heterocycles. The molecule has 17 heavy (non-hydrogen) atoms. The standard InChI is InChI=1S/C10H15N5O2/c1-6(2)8(9(11)15-17)10(16)14-7-3-12-5-13-4-7/h3-6,8,17H,1-2H3,(H2,11,15)(H,14,16). The first-order valence-corrected chi connectivity index (χ1v) is 5.09. The van der Waals surface area contributed by atoms with E-state index < -0.39 is 5.92 Å². The van der Waals surface area contributed by atoms with E-state index in [0.29, 0.717) is 5.69 Å². The number of hydrogen-bond acceptors (Lipinski definition) is 5. The fourth-order valence-corrected chi connectivity index (χ4v) is 1.42. The van der Waals surface area contributed by atoms with Crippen LogP contribution < -0.4 is 11.1 Å². The molecule has 1 amide bonds. The first kappa shape index (κ1) is 12.9. The highest BCUT2D eigenvalue weighted by atomic mass is 16.4. The Morgan fingerprint density at radius 3 is 2.53 bits per heavy atom. The molecule has 1 rings (SSSR count). The van der Waals surface area contributed by atoms with Crippen LogP contribution in [-0.2, 0) is 4.79 Å². The molecule has 0 bridgehead atoms. The van der Waals surface area contributed by atoms with Crippen LogP contribution >= 0.6 is 0 Å². The first-order chi connectivity index (χ1) is 8.06. The number of hydrogen-bond donors (Lipinski definition) is 3. The van der Waals surface area contributed by atoms with Crippen LogP contribution in [0.4, 0.5) is 5.69 Å². The number of rotatable bonds is 4. The summed E-state index contributed by atoms with van der Waals surface area (Å²) in [4.78, 5) is 19.5. The Kier molecular flexibility index (Phi) is 4.38. The molecule has 7 heteroatoms. The van der Waals surface area contributed by atoms with Crippen LogP contribution in [0.3, 0.4) is 0 Å². The number of carbonyl (C=O) groups is 1. The van der Waals surface area contributed by atoms with Gasteiger partial charge >= 0.3 is 0 Å². The fraction of sp³-hybridized carbons (Fsp3) is 0.400. The summed E-state index contributed by atoms with van der Waals surface area (Å²) in [5.41, 5.74) is 5.95. The zero-order chi connectivity index (χ0) is 12.8. The van der Waals surface area contributed by atoms with E-state index in [1.165, 1.54) is 18.7 Å². The highest BCUT2D eigenvalue weighted by Gasteiger charge is 2.26. The van der Waals surface area contributed by atoms with E-state index >= 15 is 0 Å². The molecule has 0 aliphatic heterocycles. The Balaban J connectivity index is 2.80. The van der Waals surface area contributed by atoms with Crippen molar-refractivity contribution in [2.75, 3.05) is 5.32 Å². The molecule has 1 unspecified atom stereocenters. The number of aromatic nitrogens is 2. The zero-order valence-corrected chi connectivity index (χ0v) is 9.66. The number of nitrogens with two attached hydrogens (primary N) is 1. The molecule has 0 radical (unpaired) electrons. The van der Waals surface area contributed by atoms with Crippen LogP contribution in [0.1, 0.15) is 13.8 Å². The number of amides is 1. The summed E-state index contributed by atoms with van der Waals surface area (Å²) in [6.45, 7) is 3.62. The normalized spacial score (nSPS) is 13.5. The predicted octanol–water partition coefficient (Wildman–Crippen LogP) is 0.434. The van der Waals surface area contributed by atoms with E-state index in [1.54, 1.807) is 0 Å². The minimum absolute atomic E-state index is 0.0875. The highest BCUT2D eigenvalue weighted by Crippen LogP contribution is 2.14. The minimum atomic E-state index is -0.694. The monoisotopic (exact) mass is 237 g/mol. The topological polar surface area (TPSA) is 113 Å². The maximum absolute atomic E-state index is 11.9. The van der Waals surface area contributed by atoms with E-state index in [9.17, 15) is 4.79 Å². The van der Waals surface area contributed by atoms with Crippen molar-refractivity contribution >= 4 is 17.4 Å². The summed E-state index contributed by atoms with van der Waals surface area (Å²) in [5, 5.41) is 14.1. The van der Waals surface area contributed by atoms with Crippen molar-refractivity contribution in [2.24, 2.45) is 22.7 Å². The van der Waals surface area contributed by atoms with Gasteiger partial charge in [-0.3, -0.25) is 4.79 Å². The van der Waals surface area contributed by atoms with Crippen molar-refractivity contribution < 1.29 is 10.0 Å². The molecule has 0 spiro atoms. The van der Waals surface area contributed by atoms with Gasteiger partial charge in [-0.1, -0.05) is 19.0 Å². The molecule has 0 aromatic carbocycles. The number of anilines is 1. The third-order valence-electron chi connectivity index (χ3n) is 2.21. The van der Waals surface area contributed by atoms with Gasteiger partial charge in [0.1, 0.15) is 12.2 Å². The average molecular weight is 237 g/mol. The SMILES string of the molecule is CC(C)C(C(=O)Nc1cncnc1)C(N)=NO. The smallest absolute Gasteiger partial charge is 0.235 e. The summed E-state index contributed by atoms with van der Waals surface area (Å²) in [7, 11) is 0. The van der Waals surface area contributed by atoms with Crippen LogP contribution in [0.15, 0.2) is 23.9 Å². The van der Waals surface area contributed by atoms with E-state index in [1.807, 2.05) is 13.8 Å². The second kappa shape index (κ2) is 5.78. The van der Waals surface area contributed by atoms with Crippen molar-refractivity contribution in [2.45, 2.75) is 13.8 Å². The largest absolute Gasteiger partial charge is 0.409 e. The van der Waals surface area contributed by atoms with Crippen molar-refractivity contribution in [3.05, 3.63) is 18.7 Å². The molecular formula is C10H15N5O2. The van der Waals surface area contributed by atoms with E-state index in [4.69, 9.17) is 10.9 Å². The molecular weight excluding hydrogens is 222 g/mol. The molecule has 0 aliphatic carbocycles. The Morgan fingerprint density at radius 1 is 1.47 bits per heavy atom. The lowest BCUT2D eigenvalue weighted by Gasteiger charge is -2.18. The maximum atomic E-state index is 11.9. The average Bonchev–Trinajstić information content (AvgIpc) is 2.29. The lowest BCUT2D eigenvalue weighted by Crippen LogP contribution is -2.38. The third-order valence-corrected chi connectivity index (χ3v) is 2.21. The molecule has 4 N–H and O–H groups in total. The van der Waals surface area contributed by atoms with Crippen molar-refractivity contribution in [1.29, 1.82) is 0 Å². The number of carbonyl (C=O) groups excluding carboxylic acids is 1. The van der Waals surface area contributed by atoms with Gasteiger partial charge < -0.3 is 16.3 Å². The number of nitrogens with one attached hydrogen (secondary N) is 1. The molecule has 1 aromatic rings. The van der Waals surface area contributed by atoms with Gasteiger partial charge in [-0.2, -0.15) is 0 Å². The number of nitrogens with zero attached hydrogens (tertiary/aromatic N) is 3. The lowest BCUT2D eigenvalue weighted by atomic mass is 9.94. The quantitative estimate of drug-likeness (QED) is 0.304. The van der Waals surface area contributed by atoms with Crippen LogP contribution in [0.25, 0.3) is 0 Å². The van der Waals surface area contributed by atoms with Gasteiger partial charge in [-0.25, -0.2) is 9.97 Å². The summed E-state index contributed by atoms with van der Waals surface area (Å²) >= 11 is 0. The Labute approximate surface area is 98.8 Å². The van der Waals surface area contributed by atoms with Gasteiger partial charge in [0.25, 0.3) is 0 Å². The van der Waals surface area contributed by atoms with Crippen molar-refractivity contribution in [3.8, 4) is 0 Å². The summed E-state index contributed by atoms with van der Waals surface area (Å²) in [6.07, 6.45) is 4.29. The molecule has 92 valence electrons. The van der Waals surface area contributed by atoms with Gasteiger partial charge in [-0.05, 0) is 5.92 Å². The van der Waals surface area contributed by atoms with Gasteiger partial charge in [0.05, 0.1) is 18.1 Å². The minimum Gasteiger partial charge on any atom is -0.409 e. The fourth-order valence-electron chi connectivity index (χ4n) is 1.42. The molecule has 1 aromatic heterocycles. The first-order valence-electron chi connectivity index (χ1n) is 5.09. The van der Waals surface area contributed by atoms with Gasteiger partial charge in [0.2, 0.25) is 5.91 Å². The second-order valence-electron chi connectivity index (χ2n) is 3.86. The summed E-state index contributed by atoms with van der Waals surface area (Å²) in [6, 6.07) is 0. The molecule has 0 saturated carbocycles. The summed E-state index contributed by atoms with van der Waals surface area (Å²) < 4.78 is 0. The zero-order valence-electron chi connectivity index (χ0n) is 9.66. The molecule has 7 nitrogen and oxygen atoms in total. The number of oxime groups is 1. The van der Waals surface area contributed by atoms with Crippen molar-refractivity contribution in [3.63, 3.8) is 0 Å². The molecule has 0 saturated heterocycles. The Bertz CT molecular complexity index is 404. The molecule has 1 atom stereocenters. The van der Waals surface area contributed by atoms with E-state index in [0.717, 1.165) is 0 Å². The van der Waals surface area contributed by atoms with Crippen LogP contribution in [0.5, 0.6) is 0 Å². The molecule has 0 fully saturated rings. The van der Waals surface area contributed by atoms with Gasteiger partial charge in [0.15, 0.2) is 5.84 Å². The Morgan fingerprint density at radius 2 is 2.06 bits per heavy atom. The third kappa shape index (κ3) is 3.40. The Hall–Kier alpha value is -2.18. The van der Waals surface area contributed by atoms with E-state index in [2.05, 4.69) is 20.4 Å². The lowest BCUT2D eigenvalue weighted by molar-refractivity contribution is -0.119. The van der Waals surface area contributed by atoms with Gasteiger partial charge in [0, 0.05) is 0 Å². The number of amidine groups is 1. The van der Waals surface area contributed by atoms with Crippen LogP contribution in [0, 0.1) is 11.8 Å². The maximum Gasteiger partial charge on any atom is 0.235 e. The highest BCUT2D eigenvalue weighted by molar-refractivity contribution is 6.07. The van der Waals surface area contributed by atoms with E-state index in [-0.39, 0.29) is 17.7 Å². The second-order valence-corrected chi connectivity index (χ2v) is 3.86. The predicted molar refractivity (Wildman–Crippen MR) is 62.4 cm³/mol. The van der Waals surface area contributed by atoms with Gasteiger partial charge in [-0.15, -0.1) is 0 Å². The van der Waals surface area contributed by atoms with Crippen LogP contribution in [0.2, 0.25) is 0 Å². The molecule has 0 aliphatic rings. The van der Waals surface area contributed by atoms with Crippen LogP contribution in [-0.4, -0.2) is 26.9 Å².